The molecule has 1 fully saturated rings. The van der Waals surface area contributed by atoms with Gasteiger partial charge in [0.2, 0.25) is 11.2 Å². The summed E-state index contributed by atoms with van der Waals surface area (Å²) in [5, 5.41) is -0.134. The number of rotatable bonds is 4. The summed E-state index contributed by atoms with van der Waals surface area (Å²) in [6, 6.07) is 4.88. The Kier molecular flexibility index (Phi) is 6.79. The maximum Gasteiger partial charge on any atom is 0.410 e. The zero-order valence-electron chi connectivity index (χ0n) is 17.8. The van der Waals surface area contributed by atoms with Crippen LogP contribution in [0.4, 0.5) is 10.6 Å². The maximum atomic E-state index is 12.2. The van der Waals surface area contributed by atoms with Crippen molar-refractivity contribution < 1.29 is 23.8 Å². The lowest BCUT2D eigenvalue weighted by molar-refractivity contribution is 0.0240. The highest BCUT2D eigenvalue weighted by Crippen LogP contribution is 2.23. The van der Waals surface area contributed by atoms with E-state index < -0.39 is 11.6 Å². The van der Waals surface area contributed by atoms with Crippen molar-refractivity contribution in [2.24, 2.45) is 0 Å². The van der Waals surface area contributed by atoms with E-state index in [1.165, 1.54) is 13.2 Å². The number of esters is 1. The van der Waals surface area contributed by atoms with E-state index in [0.29, 0.717) is 31.9 Å². The molecule has 1 saturated heterocycles. The number of anilines is 1. The highest BCUT2D eigenvalue weighted by molar-refractivity contribution is 6.28. The Morgan fingerprint density at radius 3 is 2.39 bits per heavy atom. The van der Waals surface area contributed by atoms with Crippen LogP contribution in [0.15, 0.2) is 24.4 Å². The Balaban J connectivity index is 1.60. The van der Waals surface area contributed by atoms with Gasteiger partial charge in [-0.25, -0.2) is 19.6 Å². The minimum atomic E-state index is -0.645. The molecule has 1 amide bonds. The third kappa shape index (κ3) is 6.17. The molecule has 0 N–H and O–H groups in total. The molecule has 1 aliphatic heterocycles. The van der Waals surface area contributed by atoms with Gasteiger partial charge in [-0.2, -0.15) is 4.98 Å². The molecule has 3 heterocycles. The molecule has 11 heteroatoms. The van der Waals surface area contributed by atoms with Gasteiger partial charge in [0.25, 0.3) is 0 Å². The molecule has 10 nitrogen and oxygen atoms in total. The van der Waals surface area contributed by atoms with Crippen LogP contribution in [-0.4, -0.2) is 70.8 Å². The van der Waals surface area contributed by atoms with Gasteiger partial charge >= 0.3 is 12.1 Å². The molecule has 0 bridgehead atoms. The molecule has 166 valence electrons. The molecule has 3 rings (SSSR count). The third-order valence-electron chi connectivity index (χ3n) is 4.27. The van der Waals surface area contributed by atoms with E-state index in [-0.39, 0.29) is 23.0 Å². The Morgan fingerprint density at radius 1 is 1.10 bits per heavy atom. The minimum Gasteiger partial charge on any atom is -0.464 e. The molecule has 0 aromatic carbocycles. The fourth-order valence-corrected chi connectivity index (χ4v) is 3.02. The molecule has 0 aliphatic carbocycles. The van der Waals surface area contributed by atoms with Crippen molar-refractivity contribution in [2.75, 3.05) is 38.2 Å². The van der Waals surface area contributed by atoms with Gasteiger partial charge in [0.05, 0.1) is 13.3 Å². The Labute approximate surface area is 185 Å². The lowest BCUT2D eigenvalue weighted by Crippen LogP contribution is -2.50. The number of pyridine rings is 1. The van der Waals surface area contributed by atoms with Gasteiger partial charge < -0.3 is 24.0 Å². The van der Waals surface area contributed by atoms with Crippen LogP contribution in [0.1, 0.15) is 31.3 Å². The fraction of sp³-hybridized carbons (Fsp3) is 0.450. The quantitative estimate of drug-likeness (QED) is 0.513. The number of hydrogen-bond donors (Lipinski definition) is 0. The first-order valence-corrected chi connectivity index (χ1v) is 10.0. The summed E-state index contributed by atoms with van der Waals surface area (Å²) in [7, 11) is 1.24. The Bertz CT molecular complexity index is 940. The van der Waals surface area contributed by atoms with E-state index in [1.54, 1.807) is 17.2 Å². The van der Waals surface area contributed by atoms with Crippen molar-refractivity contribution in [1.29, 1.82) is 0 Å². The highest BCUT2D eigenvalue weighted by Gasteiger charge is 2.26. The lowest BCUT2D eigenvalue weighted by Gasteiger charge is -2.36. The highest BCUT2D eigenvalue weighted by atomic mass is 35.5. The van der Waals surface area contributed by atoms with Crippen molar-refractivity contribution in [3.05, 3.63) is 35.4 Å². The Morgan fingerprint density at radius 2 is 1.81 bits per heavy atom. The maximum absolute atomic E-state index is 12.2. The van der Waals surface area contributed by atoms with E-state index in [1.807, 2.05) is 26.8 Å². The van der Waals surface area contributed by atoms with Crippen molar-refractivity contribution in [3.63, 3.8) is 0 Å². The van der Waals surface area contributed by atoms with Gasteiger partial charge in [0.15, 0.2) is 5.69 Å². The number of aromatic nitrogens is 3. The lowest BCUT2D eigenvalue weighted by atomic mass is 10.2. The minimum absolute atomic E-state index is 0.00932. The first kappa shape index (κ1) is 22.5. The van der Waals surface area contributed by atoms with Crippen LogP contribution < -0.4 is 9.64 Å². The second kappa shape index (κ2) is 9.34. The molecule has 1 aliphatic rings. The second-order valence-corrected chi connectivity index (χ2v) is 8.10. The average Bonchev–Trinajstić information content (AvgIpc) is 2.72. The summed E-state index contributed by atoms with van der Waals surface area (Å²) in [6.07, 6.45) is 1.24. The zero-order valence-corrected chi connectivity index (χ0v) is 18.5. The van der Waals surface area contributed by atoms with Crippen molar-refractivity contribution in [1.82, 2.24) is 19.9 Å². The van der Waals surface area contributed by atoms with Gasteiger partial charge in [-0.05, 0) is 44.5 Å². The molecule has 0 spiro atoms. The van der Waals surface area contributed by atoms with Crippen LogP contribution in [-0.2, 0) is 9.47 Å². The van der Waals surface area contributed by atoms with Crippen LogP contribution in [0, 0.1) is 0 Å². The molecule has 31 heavy (non-hydrogen) atoms. The van der Waals surface area contributed by atoms with E-state index in [9.17, 15) is 9.59 Å². The monoisotopic (exact) mass is 449 g/mol. The fourth-order valence-electron chi connectivity index (χ4n) is 2.84. The third-order valence-corrected chi connectivity index (χ3v) is 4.44. The standard InChI is InChI=1S/C20H24ClN5O5/c1-20(2,3)31-19(28)26-9-7-25(8-10-26)15-6-5-13(12-22-15)30-16-11-14(17(27)29-4)23-18(21)24-16/h5-6,11-12H,7-10H2,1-4H3. The largest absolute Gasteiger partial charge is 0.464 e. The molecule has 2 aromatic heterocycles. The number of hydrogen-bond acceptors (Lipinski definition) is 9. The van der Waals surface area contributed by atoms with Gasteiger partial charge in [-0.1, -0.05) is 0 Å². The average molecular weight is 450 g/mol. The van der Waals surface area contributed by atoms with Crippen LogP contribution in [0.3, 0.4) is 0 Å². The Hall–Kier alpha value is -3.14. The summed E-state index contributed by atoms with van der Waals surface area (Å²) in [6.45, 7) is 7.91. The van der Waals surface area contributed by atoms with E-state index in [4.69, 9.17) is 21.1 Å². The first-order valence-electron chi connectivity index (χ1n) is 9.64. The van der Waals surface area contributed by atoms with E-state index in [0.717, 1.165) is 5.82 Å². The number of amides is 1. The van der Waals surface area contributed by atoms with Gasteiger partial charge in [0.1, 0.15) is 17.2 Å². The van der Waals surface area contributed by atoms with Crippen LogP contribution in [0.2, 0.25) is 5.28 Å². The van der Waals surface area contributed by atoms with Crippen molar-refractivity contribution >= 4 is 29.5 Å². The predicted molar refractivity (Wildman–Crippen MR) is 113 cm³/mol. The van der Waals surface area contributed by atoms with Gasteiger partial charge in [-0.15, -0.1) is 0 Å². The number of halogens is 1. The number of piperazine rings is 1. The molecular weight excluding hydrogens is 426 g/mol. The van der Waals surface area contributed by atoms with Crippen LogP contribution in [0.25, 0.3) is 0 Å². The molecule has 2 aromatic rings. The second-order valence-electron chi connectivity index (χ2n) is 7.76. The van der Waals surface area contributed by atoms with E-state index >= 15 is 0 Å². The predicted octanol–water partition coefficient (Wildman–Crippen LogP) is 3.16. The normalized spacial score (nSPS) is 14.2. The van der Waals surface area contributed by atoms with Crippen LogP contribution >= 0.6 is 11.6 Å². The number of ether oxygens (including phenoxy) is 3. The summed E-state index contributed by atoms with van der Waals surface area (Å²) in [4.78, 5) is 39.8. The van der Waals surface area contributed by atoms with Crippen molar-refractivity contribution in [3.8, 4) is 11.6 Å². The summed E-state index contributed by atoms with van der Waals surface area (Å²) >= 11 is 5.84. The number of carbonyl (C=O) groups excluding carboxylic acids is 2. The summed E-state index contributed by atoms with van der Waals surface area (Å²) < 4.78 is 15.7. The summed E-state index contributed by atoms with van der Waals surface area (Å²) in [5.74, 6) is 0.628. The SMILES string of the molecule is COC(=O)c1cc(Oc2ccc(N3CCN(C(=O)OC(C)(C)C)CC3)nc2)nc(Cl)n1. The van der Waals surface area contributed by atoms with Crippen molar-refractivity contribution in [2.45, 2.75) is 26.4 Å². The molecule has 0 atom stereocenters. The number of nitrogens with zero attached hydrogens (tertiary/aromatic N) is 5. The van der Waals surface area contributed by atoms with Gasteiger partial charge in [0, 0.05) is 32.2 Å². The van der Waals surface area contributed by atoms with Crippen LogP contribution in [0.5, 0.6) is 11.6 Å². The molecular formula is C20H24ClN5O5. The number of carbonyl (C=O) groups is 2. The molecule has 0 radical (unpaired) electrons. The first-order chi connectivity index (χ1) is 14.6. The van der Waals surface area contributed by atoms with E-state index in [2.05, 4.69) is 24.6 Å². The molecule has 0 saturated carbocycles. The zero-order chi connectivity index (χ0) is 22.6. The smallest absolute Gasteiger partial charge is 0.410 e. The molecule has 0 unspecified atom stereocenters. The van der Waals surface area contributed by atoms with Gasteiger partial charge in [-0.3, -0.25) is 0 Å². The summed E-state index contributed by atoms with van der Waals surface area (Å²) in [5.41, 5.74) is -0.526. The topological polar surface area (TPSA) is 107 Å². The number of methoxy groups -OCH3 is 1.